The Balaban J connectivity index is 2.43. The summed E-state index contributed by atoms with van der Waals surface area (Å²) in [6.07, 6.45) is 0.316. The van der Waals surface area contributed by atoms with Crippen molar-refractivity contribution in [1.29, 1.82) is 0 Å². The molecule has 1 aromatic carbocycles. The van der Waals surface area contributed by atoms with E-state index >= 15 is 0 Å². The van der Waals surface area contributed by atoms with E-state index in [0.717, 1.165) is 16.9 Å². The zero-order valence-corrected chi connectivity index (χ0v) is 9.10. The van der Waals surface area contributed by atoms with Gasteiger partial charge in [-0.1, -0.05) is 0 Å². The quantitative estimate of drug-likeness (QED) is 0.747. The first-order chi connectivity index (χ1) is 7.58. The number of rotatable bonds is 3. The largest absolute Gasteiger partial charge is 0.399 e. The number of hydrogen-bond donors (Lipinski definition) is 2. The van der Waals surface area contributed by atoms with E-state index in [0.29, 0.717) is 18.7 Å². The maximum absolute atomic E-state index is 10.8. The molecule has 0 spiro atoms. The predicted molar refractivity (Wildman–Crippen MR) is 62.7 cm³/mol. The van der Waals surface area contributed by atoms with E-state index in [2.05, 4.69) is 4.98 Å². The maximum Gasteiger partial charge on any atom is 0.219 e. The third-order valence-electron chi connectivity index (χ3n) is 2.54. The molecule has 0 radical (unpaired) electrons. The smallest absolute Gasteiger partial charge is 0.219 e. The zero-order chi connectivity index (χ0) is 11.7. The molecule has 0 atom stereocenters. The van der Waals surface area contributed by atoms with Crippen molar-refractivity contribution in [2.75, 3.05) is 5.73 Å². The van der Waals surface area contributed by atoms with Crippen LogP contribution in [-0.2, 0) is 11.3 Å². The lowest BCUT2D eigenvalue weighted by Gasteiger charge is -2.04. The lowest BCUT2D eigenvalue weighted by molar-refractivity contribution is -0.118. The van der Waals surface area contributed by atoms with Crippen LogP contribution < -0.4 is 11.5 Å². The number of fused-ring (bicyclic) bond motifs is 1. The van der Waals surface area contributed by atoms with Crippen molar-refractivity contribution in [2.45, 2.75) is 19.9 Å². The van der Waals surface area contributed by atoms with Gasteiger partial charge in [-0.15, -0.1) is 0 Å². The second-order valence-electron chi connectivity index (χ2n) is 3.78. The van der Waals surface area contributed by atoms with Crippen molar-refractivity contribution in [3.63, 3.8) is 0 Å². The Morgan fingerprint density at radius 1 is 1.50 bits per heavy atom. The van der Waals surface area contributed by atoms with Crippen LogP contribution in [0.2, 0.25) is 0 Å². The second-order valence-corrected chi connectivity index (χ2v) is 3.78. The van der Waals surface area contributed by atoms with Gasteiger partial charge in [0.05, 0.1) is 11.0 Å². The fraction of sp³-hybridized carbons (Fsp3) is 0.273. The number of hydrogen-bond acceptors (Lipinski definition) is 3. The Kier molecular flexibility index (Phi) is 2.52. The van der Waals surface area contributed by atoms with Crippen molar-refractivity contribution in [3.8, 4) is 0 Å². The van der Waals surface area contributed by atoms with Crippen molar-refractivity contribution in [2.24, 2.45) is 5.73 Å². The number of imidazole rings is 1. The normalized spacial score (nSPS) is 10.8. The molecule has 2 rings (SSSR count). The zero-order valence-electron chi connectivity index (χ0n) is 9.10. The van der Waals surface area contributed by atoms with E-state index in [1.807, 2.05) is 29.7 Å². The first-order valence-electron chi connectivity index (χ1n) is 5.08. The fourth-order valence-corrected chi connectivity index (χ4v) is 1.77. The molecule has 1 aromatic heterocycles. The highest BCUT2D eigenvalue weighted by Gasteiger charge is 2.07. The SMILES string of the molecule is Cc1nc2cc(N)ccc2n1CCC(N)=O. The molecule has 5 heteroatoms. The highest BCUT2D eigenvalue weighted by Crippen LogP contribution is 2.18. The molecule has 0 saturated heterocycles. The van der Waals surface area contributed by atoms with Crippen LogP contribution in [0, 0.1) is 6.92 Å². The lowest BCUT2D eigenvalue weighted by Crippen LogP contribution is -2.14. The molecule has 0 unspecified atom stereocenters. The number of aromatic nitrogens is 2. The Labute approximate surface area is 93.1 Å². The van der Waals surface area contributed by atoms with Gasteiger partial charge in [-0.05, 0) is 25.1 Å². The molecule has 84 valence electrons. The number of anilines is 1. The summed E-state index contributed by atoms with van der Waals surface area (Å²) in [6.45, 7) is 2.46. The minimum atomic E-state index is -0.309. The van der Waals surface area contributed by atoms with Gasteiger partial charge >= 0.3 is 0 Å². The van der Waals surface area contributed by atoms with Gasteiger partial charge in [0.1, 0.15) is 5.82 Å². The molecule has 0 fully saturated rings. The Morgan fingerprint density at radius 3 is 2.94 bits per heavy atom. The summed E-state index contributed by atoms with van der Waals surface area (Å²) < 4.78 is 1.97. The molecule has 0 aliphatic carbocycles. The minimum Gasteiger partial charge on any atom is -0.399 e. The standard InChI is InChI=1S/C11H14N4O/c1-7-14-9-6-8(12)2-3-10(9)15(7)5-4-11(13)16/h2-3,6H,4-5,12H2,1H3,(H2,13,16). The molecule has 5 nitrogen and oxygen atoms in total. The van der Waals surface area contributed by atoms with Gasteiger partial charge in [-0.2, -0.15) is 0 Å². The van der Waals surface area contributed by atoms with Crippen LogP contribution in [0.5, 0.6) is 0 Å². The van der Waals surface area contributed by atoms with Crippen LogP contribution in [0.4, 0.5) is 5.69 Å². The highest BCUT2D eigenvalue weighted by atomic mass is 16.1. The van der Waals surface area contributed by atoms with E-state index in [4.69, 9.17) is 11.5 Å². The molecule has 1 heterocycles. The molecule has 16 heavy (non-hydrogen) atoms. The number of nitrogen functional groups attached to an aromatic ring is 1. The van der Waals surface area contributed by atoms with Crippen LogP contribution in [0.25, 0.3) is 11.0 Å². The fourth-order valence-electron chi connectivity index (χ4n) is 1.77. The summed E-state index contributed by atoms with van der Waals surface area (Å²) in [6, 6.07) is 5.55. The van der Waals surface area contributed by atoms with Gasteiger partial charge in [0.2, 0.25) is 5.91 Å². The van der Waals surface area contributed by atoms with Gasteiger partial charge < -0.3 is 16.0 Å². The molecular formula is C11H14N4O. The molecular weight excluding hydrogens is 204 g/mol. The number of nitrogens with two attached hydrogens (primary N) is 2. The van der Waals surface area contributed by atoms with Crippen LogP contribution >= 0.6 is 0 Å². The summed E-state index contributed by atoms with van der Waals surface area (Å²) >= 11 is 0. The summed E-state index contributed by atoms with van der Waals surface area (Å²) in [4.78, 5) is 15.1. The molecule has 1 amide bonds. The number of carbonyl (C=O) groups excluding carboxylic acids is 1. The average molecular weight is 218 g/mol. The average Bonchev–Trinajstić information content (AvgIpc) is 2.50. The van der Waals surface area contributed by atoms with Crippen LogP contribution in [0.3, 0.4) is 0 Å². The van der Waals surface area contributed by atoms with E-state index in [1.165, 1.54) is 0 Å². The van der Waals surface area contributed by atoms with Crippen molar-refractivity contribution >= 4 is 22.6 Å². The topological polar surface area (TPSA) is 86.9 Å². The Morgan fingerprint density at radius 2 is 2.25 bits per heavy atom. The van der Waals surface area contributed by atoms with Crippen LogP contribution in [0.15, 0.2) is 18.2 Å². The van der Waals surface area contributed by atoms with E-state index < -0.39 is 0 Å². The molecule has 2 aromatic rings. The van der Waals surface area contributed by atoms with E-state index in [9.17, 15) is 4.79 Å². The van der Waals surface area contributed by atoms with Crippen molar-refractivity contribution in [1.82, 2.24) is 9.55 Å². The van der Waals surface area contributed by atoms with Gasteiger partial charge in [-0.3, -0.25) is 4.79 Å². The van der Waals surface area contributed by atoms with E-state index in [1.54, 1.807) is 0 Å². The summed E-state index contributed by atoms with van der Waals surface area (Å²) in [5.74, 6) is 0.554. The van der Waals surface area contributed by atoms with Crippen molar-refractivity contribution < 1.29 is 4.79 Å². The Bertz CT molecular complexity index is 544. The highest BCUT2D eigenvalue weighted by molar-refractivity contribution is 5.80. The van der Waals surface area contributed by atoms with Crippen LogP contribution in [-0.4, -0.2) is 15.5 Å². The molecule has 0 bridgehead atoms. The van der Waals surface area contributed by atoms with Crippen molar-refractivity contribution in [3.05, 3.63) is 24.0 Å². The third-order valence-corrected chi connectivity index (χ3v) is 2.54. The van der Waals surface area contributed by atoms with Gasteiger partial charge in [0.15, 0.2) is 0 Å². The summed E-state index contributed by atoms with van der Waals surface area (Å²) in [5, 5.41) is 0. The number of benzene rings is 1. The van der Waals surface area contributed by atoms with Gasteiger partial charge in [0, 0.05) is 18.7 Å². The molecule has 0 aliphatic rings. The lowest BCUT2D eigenvalue weighted by atomic mass is 10.3. The third kappa shape index (κ3) is 1.84. The number of aryl methyl sites for hydroxylation is 2. The van der Waals surface area contributed by atoms with Gasteiger partial charge in [0.25, 0.3) is 0 Å². The first-order valence-corrected chi connectivity index (χ1v) is 5.08. The van der Waals surface area contributed by atoms with Crippen LogP contribution in [0.1, 0.15) is 12.2 Å². The van der Waals surface area contributed by atoms with E-state index in [-0.39, 0.29) is 5.91 Å². The van der Waals surface area contributed by atoms with Gasteiger partial charge in [-0.25, -0.2) is 4.98 Å². The Hall–Kier alpha value is -2.04. The number of carbonyl (C=O) groups is 1. The monoisotopic (exact) mass is 218 g/mol. The summed E-state index contributed by atoms with van der Waals surface area (Å²) in [7, 11) is 0. The molecule has 0 saturated carbocycles. The minimum absolute atomic E-state index is 0.309. The maximum atomic E-state index is 10.8. The molecule has 0 aliphatic heterocycles. The summed E-state index contributed by atoms with van der Waals surface area (Å²) in [5.41, 5.74) is 13.3. The molecule has 4 N–H and O–H groups in total. The number of amides is 1. The number of primary amides is 1. The predicted octanol–water partition coefficient (Wildman–Crippen LogP) is 0.802. The second kappa shape index (κ2) is 3.84. The first kappa shape index (κ1) is 10.5. The number of nitrogens with zero attached hydrogens (tertiary/aromatic N) is 2.